The molecule has 4 nitrogen and oxygen atoms in total. The Labute approximate surface area is 228 Å². The second-order valence-corrected chi connectivity index (χ2v) is 10.8. The minimum atomic E-state index is -0.570. The molecular formula is C30H35BrN2O2S. The first-order valence-electron chi connectivity index (χ1n) is 12.5. The van der Waals surface area contributed by atoms with Crippen molar-refractivity contribution >= 4 is 39.5 Å². The molecule has 0 saturated carbocycles. The zero-order chi connectivity index (χ0) is 25.6. The predicted molar refractivity (Wildman–Crippen MR) is 154 cm³/mol. The molecule has 0 aliphatic rings. The lowest BCUT2D eigenvalue weighted by Gasteiger charge is -2.31. The fourth-order valence-electron chi connectivity index (χ4n) is 3.91. The molecule has 1 N–H and O–H groups in total. The van der Waals surface area contributed by atoms with Gasteiger partial charge in [0.2, 0.25) is 11.8 Å². The van der Waals surface area contributed by atoms with Crippen molar-refractivity contribution in [3.63, 3.8) is 0 Å². The summed E-state index contributed by atoms with van der Waals surface area (Å²) in [5.74, 6) is 1.49. The van der Waals surface area contributed by atoms with Crippen LogP contribution < -0.4 is 5.32 Å². The third-order valence-corrected chi connectivity index (χ3v) is 7.50. The molecule has 1 unspecified atom stereocenters. The Balaban J connectivity index is 1.77. The highest BCUT2D eigenvalue weighted by Gasteiger charge is 2.30. The molecule has 0 heterocycles. The molecule has 0 aliphatic carbocycles. The van der Waals surface area contributed by atoms with E-state index < -0.39 is 6.04 Å². The van der Waals surface area contributed by atoms with Gasteiger partial charge in [0.25, 0.3) is 0 Å². The van der Waals surface area contributed by atoms with E-state index in [1.54, 1.807) is 16.7 Å². The summed E-state index contributed by atoms with van der Waals surface area (Å²) in [7, 11) is 0. The molecule has 190 valence electrons. The molecule has 0 spiro atoms. The quantitative estimate of drug-likeness (QED) is 0.223. The molecule has 0 bridgehead atoms. The van der Waals surface area contributed by atoms with Crippen LogP contribution in [0.4, 0.5) is 0 Å². The third-order valence-electron chi connectivity index (χ3n) is 5.94. The lowest BCUT2D eigenvalue weighted by Crippen LogP contribution is -2.50. The van der Waals surface area contributed by atoms with Gasteiger partial charge >= 0.3 is 0 Å². The second kappa shape index (κ2) is 15.5. The average molecular weight is 568 g/mol. The van der Waals surface area contributed by atoms with Gasteiger partial charge in [0.15, 0.2) is 0 Å². The Kier molecular flexibility index (Phi) is 12.1. The minimum Gasteiger partial charge on any atom is -0.354 e. The first-order chi connectivity index (χ1) is 17.6. The van der Waals surface area contributed by atoms with Crippen molar-refractivity contribution in [2.75, 3.05) is 12.3 Å². The summed E-state index contributed by atoms with van der Waals surface area (Å²) in [5, 5.41) is 3.08. The lowest BCUT2D eigenvalue weighted by molar-refractivity contribution is -0.141. The Hall–Kier alpha value is -2.57. The van der Waals surface area contributed by atoms with Crippen molar-refractivity contribution in [1.29, 1.82) is 0 Å². The van der Waals surface area contributed by atoms with E-state index in [0.717, 1.165) is 34.2 Å². The highest BCUT2D eigenvalue weighted by Crippen LogP contribution is 2.19. The maximum Gasteiger partial charge on any atom is 0.243 e. The zero-order valence-corrected chi connectivity index (χ0v) is 23.3. The molecular weight excluding hydrogens is 532 g/mol. The number of nitrogens with one attached hydrogen (secondary N) is 1. The van der Waals surface area contributed by atoms with Crippen molar-refractivity contribution in [2.45, 2.75) is 50.9 Å². The maximum atomic E-state index is 13.6. The number of carbonyl (C=O) groups excluding carboxylic acids is 2. The number of rotatable bonds is 14. The van der Waals surface area contributed by atoms with Gasteiger partial charge < -0.3 is 10.2 Å². The van der Waals surface area contributed by atoms with Crippen LogP contribution in [0.2, 0.25) is 0 Å². The Morgan fingerprint density at radius 3 is 2.17 bits per heavy atom. The highest BCUT2D eigenvalue weighted by molar-refractivity contribution is 9.10. The fraction of sp³-hybridized carbons (Fsp3) is 0.333. The molecule has 6 heteroatoms. The smallest absolute Gasteiger partial charge is 0.243 e. The fourth-order valence-corrected chi connectivity index (χ4v) is 5.07. The first kappa shape index (κ1) is 28.0. The molecule has 0 saturated heterocycles. The van der Waals surface area contributed by atoms with Gasteiger partial charge in [-0.1, -0.05) is 102 Å². The van der Waals surface area contributed by atoms with Crippen LogP contribution in [0.1, 0.15) is 42.9 Å². The molecule has 1 atom stereocenters. The molecule has 0 fully saturated rings. The number of nitrogens with zero attached hydrogens (tertiary/aromatic N) is 1. The number of thioether (sulfide) groups is 1. The monoisotopic (exact) mass is 566 g/mol. The van der Waals surface area contributed by atoms with E-state index in [1.807, 2.05) is 72.8 Å². The second-order valence-electron chi connectivity index (χ2n) is 8.79. The van der Waals surface area contributed by atoms with Crippen molar-refractivity contribution in [2.24, 2.45) is 0 Å². The average Bonchev–Trinajstić information content (AvgIpc) is 2.91. The maximum absolute atomic E-state index is 13.6. The Bertz CT molecular complexity index is 1060. The SMILES string of the molecule is CCCCNC(=O)C(Cc1ccccc1)N(Cc1ccc(Br)cc1)C(=O)CCSCc1ccccc1. The van der Waals surface area contributed by atoms with Crippen LogP contribution in [-0.2, 0) is 28.3 Å². The Morgan fingerprint density at radius 2 is 1.53 bits per heavy atom. The van der Waals surface area contributed by atoms with E-state index in [-0.39, 0.29) is 11.8 Å². The summed E-state index contributed by atoms with van der Waals surface area (Å²) < 4.78 is 0.986. The summed E-state index contributed by atoms with van der Waals surface area (Å²) in [6.07, 6.45) is 2.80. The number of benzene rings is 3. The summed E-state index contributed by atoms with van der Waals surface area (Å²) in [6, 6.07) is 27.6. The van der Waals surface area contributed by atoms with Crippen LogP contribution in [0.15, 0.2) is 89.4 Å². The van der Waals surface area contributed by atoms with E-state index >= 15 is 0 Å². The molecule has 36 heavy (non-hydrogen) atoms. The number of halogens is 1. The van der Waals surface area contributed by atoms with Crippen LogP contribution in [0.5, 0.6) is 0 Å². The number of hydrogen-bond donors (Lipinski definition) is 1. The molecule has 0 aliphatic heterocycles. The molecule has 2 amide bonds. The topological polar surface area (TPSA) is 49.4 Å². The van der Waals surface area contributed by atoms with E-state index in [0.29, 0.717) is 31.7 Å². The van der Waals surface area contributed by atoms with Gasteiger partial charge in [-0.25, -0.2) is 0 Å². The summed E-state index contributed by atoms with van der Waals surface area (Å²) in [4.78, 5) is 28.8. The Morgan fingerprint density at radius 1 is 0.889 bits per heavy atom. The van der Waals surface area contributed by atoms with Gasteiger partial charge in [-0.05, 0) is 35.2 Å². The van der Waals surface area contributed by atoms with Gasteiger partial charge in [0.1, 0.15) is 6.04 Å². The number of carbonyl (C=O) groups is 2. The number of hydrogen-bond acceptors (Lipinski definition) is 3. The van der Waals surface area contributed by atoms with Crippen molar-refractivity contribution in [3.05, 3.63) is 106 Å². The first-order valence-corrected chi connectivity index (χ1v) is 14.5. The van der Waals surface area contributed by atoms with Crippen molar-refractivity contribution in [1.82, 2.24) is 10.2 Å². The van der Waals surface area contributed by atoms with E-state index in [1.165, 1.54) is 5.56 Å². The van der Waals surface area contributed by atoms with E-state index in [9.17, 15) is 9.59 Å². The highest BCUT2D eigenvalue weighted by atomic mass is 79.9. The largest absolute Gasteiger partial charge is 0.354 e. The van der Waals surface area contributed by atoms with Crippen LogP contribution in [0.3, 0.4) is 0 Å². The van der Waals surface area contributed by atoms with Crippen LogP contribution in [-0.4, -0.2) is 35.1 Å². The minimum absolute atomic E-state index is 0.00468. The molecule has 3 rings (SSSR count). The van der Waals surface area contributed by atoms with Crippen molar-refractivity contribution < 1.29 is 9.59 Å². The lowest BCUT2D eigenvalue weighted by atomic mass is 10.0. The van der Waals surface area contributed by atoms with Gasteiger partial charge in [-0.15, -0.1) is 0 Å². The van der Waals surface area contributed by atoms with Gasteiger partial charge in [-0.2, -0.15) is 11.8 Å². The number of unbranched alkanes of at least 4 members (excludes halogenated alkanes) is 1. The van der Waals surface area contributed by atoms with Crippen LogP contribution >= 0.6 is 27.7 Å². The van der Waals surface area contributed by atoms with Gasteiger partial charge in [-0.3, -0.25) is 9.59 Å². The van der Waals surface area contributed by atoms with Gasteiger partial charge in [0.05, 0.1) is 0 Å². The standard InChI is InChI=1S/C30H35BrN2O2S/c1-2-3-19-32-30(35)28(21-24-10-6-4-7-11-24)33(22-25-14-16-27(31)17-15-25)29(34)18-20-36-23-26-12-8-5-9-13-26/h4-17,28H,2-3,18-23H2,1H3,(H,32,35). The summed E-state index contributed by atoms with van der Waals surface area (Å²) in [5.41, 5.74) is 3.29. The predicted octanol–water partition coefficient (Wildman–Crippen LogP) is 6.63. The molecule has 0 radical (unpaired) electrons. The normalized spacial score (nSPS) is 11.6. The van der Waals surface area contributed by atoms with Crippen LogP contribution in [0, 0.1) is 0 Å². The molecule has 3 aromatic carbocycles. The van der Waals surface area contributed by atoms with Gasteiger partial charge in [0, 0.05) is 41.9 Å². The third kappa shape index (κ3) is 9.47. The van der Waals surface area contributed by atoms with Crippen molar-refractivity contribution in [3.8, 4) is 0 Å². The molecule has 0 aromatic heterocycles. The zero-order valence-electron chi connectivity index (χ0n) is 20.9. The van der Waals surface area contributed by atoms with E-state index in [4.69, 9.17) is 0 Å². The van der Waals surface area contributed by atoms with E-state index in [2.05, 4.69) is 40.3 Å². The molecule has 3 aromatic rings. The number of amides is 2. The summed E-state index contributed by atoms with van der Waals surface area (Å²) >= 11 is 5.23. The summed E-state index contributed by atoms with van der Waals surface area (Å²) in [6.45, 7) is 3.12. The van der Waals surface area contributed by atoms with Crippen LogP contribution in [0.25, 0.3) is 0 Å².